The van der Waals surface area contributed by atoms with E-state index in [2.05, 4.69) is 54.5 Å². The van der Waals surface area contributed by atoms with Crippen molar-refractivity contribution in [2.75, 3.05) is 6.61 Å². The molecule has 0 aromatic rings. The van der Waals surface area contributed by atoms with E-state index >= 15 is 0 Å². The van der Waals surface area contributed by atoms with Crippen molar-refractivity contribution in [3.63, 3.8) is 0 Å². The highest BCUT2D eigenvalue weighted by Gasteiger charge is 2.69. The van der Waals surface area contributed by atoms with E-state index in [0.29, 0.717) is 39.4 Å². The average Bonchev–Trinajstić information content (AvgIpc) is 2.72. The Morgan fingerprint density at radius 1 is 0.844 bits per heavy atom. The van der Waals surface area contributed by atoms with Gasteiger partial charge in [-0.05, 0) is 120 Å². The van der Waals surface area contributed by atoms with Crippen molar-refractivity contribution in [3.05, 3.63) is 11.6 Å². The van der Waals surface area contributed by atoms with E-state index in [9.17, 15) is 10.2 Å². The first-order chi connectivity index (χ1) is 14.8. The molecule has 2 N–H and O–H groups in total. The summed E-state index contributed by atoms with van der Waals surface area (Å²) in [7, 11) is 0. The highest BCUT2D eigenvalue weighted by Crippen LogP contribution is 2.76. The fourth-order valence-corrected chi connectivity index (χ4v) is 11.4. The first-order valence-electron chi connectivity index (χ1n) is 13.8. The smallest absolute Gasteiger partial charge is 0.0644 e. The number of fused-ring (bicyclic) bond motifs is 7. The van der Waals surface area contributed by atoms with Gasteiger partial charge in [-0.15, -0.1) is 0 Å². The number of aliphatic hydroxyl groups excluding tert-OH is 2. The second-order valence-electron chi connectivity index (χ2n) is 14.7. The van der Waals surface area contributed by atoms with Crippen LogP contribution in [-0.2, 0) is 0 Å². The molecule has 0 saturated heterocycles. The maximum atomic E-state index is 10.9. The second-order valence-corrected chi connectivity index (χ2v) is 14.7. The summed E-state index contributed by atoms with van der Waals surface area (Å²) in [5.74, 6) is 3.41. The molecule has 0 bridgehead atoms. The Morgan fingerprint density at radius 2 is 1.56 bits per heavy atom. The molecule has 4 fully saturated rings. The average molecular weight is 443 g/mol. The standard InChI is InChI=1S/C30H50O2/c1-19-20(18-31)10-13-27(4)16-17-29(6)21(25(19)27)8-9-23-28(5)14-12-24(32)26(2,3)22(28)11-15-30(23,29)7/h10,19,21-25,31-32H,8-9,11-18H2,1-7H3/t19?,21?,22?,23?,24-,25?,27+,28-,29+,30+/m0/s1. The van der Waals surface area contributed by atoms with Crippen LogP contribution < -0.4 is 0 Å². The Kier molecular flexibility index (Phi) is 5.19. The minimum atomic E-state index is -0.140. The molecule has 2 heteroatoms. The molecule has 5 unspecified atom stereocenters. The van der Waals surface area contributed by atoms with Crippen LogP contribution in [0.5, 0.6) is 0 Å². The van der Waals surface area contributed by atoms with E-state index in [-0.39, 0.29) is 18.1 Å². The zero-order valence-corrected chi connectivity index (χ0v) is 22.0. The van der Waals surface area contributed by atoms with Crippen LogP contribution in [-0.4, -0.2) is 22.9 Å². The van der Waals surface area contributed by atoms with E-state index in [4.69, 9.17) is 0 Å². The van der Waals surface area contributed by atoms with Crippen molar-refractivity contribution >= 4 is 0 Å². The third kappa shape index (κ3) is 2.72. The van der Waals surface area contributed by atoms with Crippen molar-refractivity contribution in [2.45, 2.75) is 112 Å². The van der Waals surface area contributed by atoms with Crippen LogP contribution in [0.25, 0.3) is 0 Å². The second kappa shape index (κ2) is 7.09. The summed E-state index contributed by atoms with van der Waals surface area (Å²) >= 11 is 0. The molecule has 10 atom stereocenters. The molecule has 0 radical (unpaired) electrons. The summed E-state index contributed by atoms with van der Waals surface area (Å²) in [5.41, 5.74) is 2.89. The van der Waals surface area contributed by atoms with Crippen molar-refractivity contribution in [1.29, 1.82) is 0 Å². The van der Waals surface area contributed by atoms with Gasteiger partial charge in [-0.1, -0.05) is 54.5 Å². The maximum absolute atomic E-state index is 10.9. The lowest BCUT2D eigenvalue weighted by atomic mass is 9.31. The Bertz CT molecular complexity index is 799. The molecule has 0 aromatic heterocycles. The Balaban J connectivity index is 1.54. The van der Waals surface area contributed by atoms with Gasteiger partial charge < -0.3 is 10.2 Å². The molecule has 0 heterocycles. The number of hydrogen-bond donors (Lipinski definition) is 2. The molecule has 5 aliphatic rings. The summed E-state index contributed by atoms with van der Waals surface area (Å²) < 4.78 is 0. The van der Waals surface area contributed by atoms with Gasteiger partial charge in [0.2, 0.25) is 0 Å². The summed E-state index contributed by atoms with van der Waals surface area (Å²) in [6.07, 6.45) is 13.7. The first kappa shape index (κ1) is 23.4. The van der Waals surface area contributed by atoms with Crippen molar-refractivity contribution in [2.24, 2.45) is 56.7 Å². The van der Waals surface area contributed by atoms with Crippen molar-refractivity contribution < 1.29 is 10.2 Å². The van der Waals surface area contributed by atoms with Gasteiger partial charge in [-0.25, -0.2) is 0 Å². The molecule has 182 valence electrons. The monoisotopic (exact) mass is 442 g/mol. The number of rotatable bonds is 1. The number of aliphatic hydroxyl groups is 2. The highest BCUT2D eigenvalue weighted by molar-refractivity contribution is 5.23. The molecule has 4 saturated carbocycles. The molecule has 2 nitrogen and oxygen atoms in total. The summed E-state index contributed by atoms with van der Waals surface area (Å²) in [5, 5.41) is 21.0. The third-order valence-corrected chi connectivity index (χ3v) is 13.5. The van der Waals surface area contributed by atoms with Crippen molar-refractivity contribution in [3.8, 4) is 0 Å². The molecule has 32 heavy (non-hydrogen) atoms. The molecule has 5 aliphatic carbocycles. The Labute approximate surface area is 197 Å². The van der Waals surface area contributed by atoms with Gasteiger partial charge in [0, 0.05) is 0 Å². The van der Waals surface area contributed by atoms with Crippen LogP contribution in [0.1, 0.15) is 106 Å². The fraction of sp³-hybridized carbons (Fsp3) is 0.933. The van der Waals surface area contributed by atoms with E-state index < -0.39 is 0 Å². The van der Waals surface area contributed by atoms with Gasteiger partial charge in [0.15, 0.2) is 0 Å². The lowest BCUT2D eigenvalue weighted by Crippen LogP contribution is -2.67. The topological polar surface area (TPSA) is 40.5 Å². The van der Waals surface area contributed by atoms with Gasteiger partial charge in [0.1, 0.15) is 0 Å². The highest BCUT2D eigenvalue weighted by atomic mass is 16.3. The third-order valence-electron chi connectivity index (χ3n) is 13.5. The van der Waals surface area contributed by atoms with Crippen LogP contribution in [0.2, 0.25) is 0 Å². The van der Waals surface area contributed by atoms with Gasteiger partial charge in [-0.2, -0.15) is 0 Å². The van der Waals surface area contributed by atoms with E-state index in [1.807, 2.05) is 0 Å². The van der Waals surface area contributed by atoms with Crippen LogP contribution in [0.4, 0.5) is 0 Å². The maximum Gasteiger partial charge on any atom is 0.0644 e. The molecule has 0 amide bonds. The quantitative estimate of drug-likeness (QED) is 0.429. The van der Waals surface area contributed by atoms with E-state index in [1.165, 1.54) is 50.5 Å². The van der Waals surface area contributed by atoms with Gasteiger partial charge >= 0.3 is 0 Å². The minimum absolute atomic E-state index is 0.0376. The number of allylic oxidation sites excluding steroid dienone is 1. The molecule has 0 aliphatic heterocycles. The molecule has 0 spiro atoms. The molecule has 0 aromatic carbocycles. The SMILES string of the molecule is CC1C(CO)=CC[C@]2(C)CC[C@]3(C)C(CCC4[C@@]5(C)CC[C@H](O)C(C)(C)C5CC[C@]43C)C12. The summed E-state index contributed by atoms with van der Waals surface area (Å²) in [6.45, 7) is 18.0. The van der Waals surface area contributed by atoms with Crippen LogP contribution in [0.3, 0.4) is 0 Å². The van der Waals surface area contributed by atoms with Crippen LogP contribution in [0, 0.1) is 56.7 Å². The van der Waals surface area contributed by atoms with E-state index in [0.717, 1.165) is 24.7 Å². The normalized spacial score (nSPS) is 56.8. The molecular formula is C30H50O2. The largest absolute Gasteiger partial charge is 0.393 e. The lowest BCUT2D eigenvalue weighted by Gasteiger charge is -2.73. The van der Waals surface area contributed by atoms with Gasteiger partial charge in [0.05, 0.1) is 12.7 Å². The summed E-state index contributed by atoms with van der Waals surface area (Å²) in [4.78, 5) is 0. The zero-order valence-electron chi connectivity index (χ0n) is 22.0. The van der Waals surface area contributed by atoms with Gasteiger partial charge in [0.25, 0.3) is 0 Å². The van der Waals surface area contributed by atoms with Crippen LogP contribution in [0.15, 0.2) is 11.6 Å². The Hall–Kier alpha value is -0.340. The lowest BCUT2D eigenvalue weighted by molar-refractivity contribution is -0.250. The van der Waals surface area contributed by atoms with Crippen molar-refractivity contribution in [1.82, 2.24) is 0 Å². The predicted octanol–water partition coefficient (Wildman–Crippen LogP) is 7.00. The summed E-state index contributed by atoms with van der Waals surface area (Å²) in [6, 6.07) is 0. The van der Waals surface area contributed by atoms with E-state index in [1.54, 1.807) is 0 Å². The molecule has 5 rings (SSSR count). The number of hydrogen-bond acceptors (Lipinski definition) is 2. The zero-order chi connectivity index (χ0) is 23.3. The minimum Gasteiger partial charge on any atom is -0.393 e. The molecular weight excluding hydrogens is 392 g/mol. The van der Waals surface area contributed by atoms with Gasteiger partial charge in [-0.3, -0.25) is 0 Å². The fourth-order valence-electron chi connectivity index (χ4n) is 11.4. The first-order valence-corrected chi connectivity index (χ1v) is 13.8. The van der Waals surface area contributed by atoms with Crippen LogP contribution >= 0.6 is 0 Å². The predicted molar refractivity (Wildman–Crippen MR) is 132 cm³/mol. The Morgan fingerprint density at radius 3 is 2.25 bits per heavy atom.